The molecule has 0 spiro atoms. The molecular formula is C19H29NO8S. The lowest BCUT2D eigenvalue weighted by molar-refractivity contribution is -0.157. The van der Waals surface area contributed by atoms with E-state index in [1.54, 1.807) is 13.8 Å². The molecule has 0 heterocycles. The van der Waals surface area contributed by atoms with Crippen molar-refractivity contribution in [3.8, 4) is 0 Å². The summed E-state index contributed by atoms with van der Waals surface area (Å²) in [6, 6.07) is 5.58. The third-order valence-corrected chi connectivity index (χ3v) is 5.97. The smallest absolute Gasteiger partial charge is 0.327 e. The summed E-state index contributed by atoms with van der Waals surface area (Å²) < 4.78 is 36.8. The normalized spacial score (nSPS) is 15.8. The Kier molecular flexibility index (Phi) is 9.21. The van der Waals surface area contributed by atoms with Crippen molar-refractivity contribution in [3.63, 3.8) is 0 Å². The second-order valence-corrected chi connectivity index (χ2v) is 8.71. The van der Waals surface area contributed by atoms with Crippen LogP contribution in [-0.2, 0) is 29.3 Å². The zero-order valence-corrected chi connectivity index (χ0v) is 17.6. The molecule has 4 N–H and O–H groups in total. The maximum absolute atomic E-state index is 12.5. The van der Waals surface area contributed by atoms with E-state index < -0.39 is 33.4 Å². The molecule has 9 nitrogen and oxygen atoms in total. The summed E-state index contributed by atoms with van der Waals surface area (Å²) in [6.07, 6.45) is 1.05. The van der Waals surface area contributed by atoms with Gasteiger partial charge in [0.1, 0.15) is 6.61 Å². The van der Waals surface area contributed by atoms with E-state index in [2.05, 4.69) is 4.84 Å². The van der Waals surface area contributed by atoms with Gasteiger partial charge in [-0.25, -0.2) is 0 Å². The molecule has 0 bridgehead atoms. The van der Waals surface area contributed by atoms with Crippen molar-refractivity contribution in [2.45, 2.75) is 50.8 Å². The van der Waals surface area contributed by atoms with Crippen LogP contribution < -0.4 is 5.90 Å². The van der Waals surface area contributed by atoms with Crippen LogP contribution >= 0.6 is 0 Å². The SMILES string of the molecule is CCC(C)(CC(CC(C)C(=O)ON)c1ccc(S(=O)(=O)O)cc1)C(=O)OCCO. The summed E-state index contributed by atoms with van der Waals surface area (Å²) in [5, 5.41) is 8.90. The highest BCUT2D eigenvalue weighted by atomic mass is 32.2. The first-order valence-corrected chi connectivity index (χ1v) is 10.7. The second-order valence-electron chi connectivity index (χ2n) is 7.29. The van der Waals surface area contributed by atoms with E-state index in [4.69, 9.17) is 20.3 Å². The monoisotopic (exact) mass is 431 g/mol. The summed E-state index contributed by atoms with van der Waals surface area (Å²) in [7, 11) is -4.34. The van der Waals surface area contributed by atoms with Gasteiger partial charge in [-0.3, -0.25) is 14.1 Å². The molecule has 3 atom stereocenters. The molecule has 1 aromatic rings. The predicted molar refractivity (Wildman–Crippen MR) is 104 cm³/mol. The highest BCUT2D eigenvalue weighted by Gasteiger charge is 2.37. The van der Waals surface area contributed by atoms with Crippen LogP contribution in [-0.4, -0.2) is 43.2 Å². The molecule has 10 heteroatoms. The number of nitrogens with two attached hydrogens (primary N) is 1. The summed E-state index contributed by atoms with van der Waals surface area (Å²) in [5.74, 6) is 3.00. The van der Waals surface area contributed by atoms with Gasteiger partial charge in [0.05, 0.1) is 22.8 Å². The van der Waals surface area contributed by atoms with Crippen molar-refractivity contribution in [2.75, 3.05) is 13.2 Å². The molecule has 0 aliphatic rings. The number of aliphatic hydroxyl groups is 1. The van der Waals surface area contributed by atoms with Gasteiger partial charge in [-0.2, -0.15) is 14.3 Å². The van der Waals surface area contributed by atoms with E-state index in [0.29, 0.717) is 24.8 Å². The third-order valence-electron chi connectivity index (χ3n) is 5.10. The highest BCUT2D eigenvalue weighted by Crippen LogP contribution is 2.39. The molecule has 1 rings (SSSR count). The fourth-order valence-corrected chi connectivity index (χ4v) is 3.60. The number of rotatable bonds is 11. The number of ether oxygens (including phenoxy) is 1. The van der Waals surface area contributed by atoms with Crippen LogP contribution in [0.25, 0.3) is 0 Å². The van der Waals surface area contributed by atoms with Gasteiger partial charge in [-0.15, -0.1) is 0 Å². The minimum atomic E-state index is -4.34. The van der Waals surface area contributed by atoms with Crippen molar-refractivity contribution < 1.29 is 37.2 Å². The Labute approximate surface area is 170 Å². The number of benzene rings is 1. The van der Waals surface area contributed by atoms with Gasteiger partial charge in [0, 0.05) is 0 Å². The molecule has 0 saturated heterocycles. The van der Waals surface area contributed by atoms with E-state index in [9.17, 15) is 18.0 Å². The first-order chi connectivity index (χ1) is 13.5. The molecular weight excluding hydrogens is 402 g/mol. The Morgan fingerprint density at radius 1 is 1.24 bits per heavy atom. The molecule has 0 amide bonds. The van der Waals surface area contributed by atoms with Gasteiger partial charge in [-0.1, -0.05) is 26.0 Å². The van der Waals surface area contributed by atoms with Crippen molar-refractivity contribution in [1.82, 2.24) is 0 Å². The average Bonchev–Trinajstić information content (AvgIpc) is 2.69. The maximum Gasteiger partial charge on any atom is 0.327 e. The average molecular weight is 432 g/mol. The number of hydrogen-bond donors (Lipinski definition) is 3. The van der Waals surface area contributed by atoms with Gasteiger partial charge in [-0.05, 0) is 49.8 Å². The Bertz CT molecular complexity index is 793. The van der Waals surface area contributed by atoms with Crippen molar-refractivity contribution in [3.05, 3.63) is 29.8 Å². The lowest BCUT2D eigenvalue weighted by Crippen LogP contribution is -2.33. The molecule has 0 aromatic heterocycles. The summed E-state index contributed by atoms with van der Waals surface area (Å²) >= 11 is 0. The highest BCUT2D eigenvalue weighted by molar-refractivity contribution is 7.85. The van der Waals surface area contributed by atoms with Crippen LogP contribution in [0.4, 0.5) is 0 Å². The molecule has 0 aliphatic heterocycles. The number of carbonyl (C=O) groups is 2. The van der Waals surface area contributed by atoms with Crippen molar-refractivity contribution in [2.24, 2.45) is 17.2 Å². The molecule has 3 unspecified atom stereocenters. The van der Waals surface area contributed by atoms with E-state index in [0.717, 1.165) is 0 Å². The van der Waals surface area contributed by atoms with Gasteiger partial charge in [0.25, 0.3) is 10.1 Å². The number of hydrogen-bond acceptors (Lipinski definition) is 8. The Morgan fingerprint density at radius 2 is 1.83 bits per heavy atom. The molecule has 29 heavy (non-hydrogen) atoms. The predicted octanol–water partition coefficient (Wildman–Crippen LogP) is 1.80. The van der Waals surface area contributed by atoms with Crippen LogP contribution in [0.1, 0.15) is 51.5 Å². The molecule has 164 valence electrons. The minimum absolute atomic E-state index is 0.113. The van der Waals surface area contributed by atoms with Crippen LogP contribution in [0.5, 0.6) is 0 Å². The van der Waals surface area contributed by atoms with E-state index in [1.165, 1.54) is 24.3 Å². The molecule has 0 fully saturated rings. The first kappa shape index (κ1) is 25.0. The zero-order valence-electron chi connectivity index (χ0n) is 16.8. The van der Waals surface area contributed by atoms with Crippen LogP contribution in [0.2, 0.25) is 0 Å². The van der Waals surface area contributed by atoms with Crippen molar-refractivity contribution in [1.29, 1.82) is 0 Å². The number of aliphatic hydroxyl groups excluding tert-OH is 1. The van der Waals surface area contributed by atoms with Crippen molar-refractivity contribution >= 4 is 22.1 Å². The van der Waals surface area contributed by atoms with Gasteiger partial charge in [0.2, 0.25) is 0 Å². The summed E-state index contributed by atoms with van der Waals surface area (Å²) in [4.78, 5) is 28.4. The summed E-state index contributed by atoms with van der Waals surface area (Å²) in [5.41, 5.74) is -0.211. The van der Waals surface area contributed by atoms with E-state index >= 15 is 0 Å². The fourth-order valence-electron chi connectivity index (χ4n) is 3.12. The van der Waals surface area contributed by atoms with Gasteiger partial charge >= 0.3 is 11.9 Å². The lowest BCUT2D eigenvalue weighted by atomic mass is 9.74. The second kappa shape index (κ2) is 10.7. The number of carbonyl (C=O) groups excluding carboxylic acids is 2. The maximum atomic E-state index is 12.5. The minimum Gasteiger partial charge on any atom is -0.463 e. The van der Waals surface area contributed by atoms with Crippen LogP contribution in [0.15, 0.2) is 29.2 Å². The largest absolute Gasteiger partial charge is 0.463 e. The quantitative estimate of drug-likeness (QED) is 0.270. The van der Waals surface area contributed by atoms with E-state index in [-0.39, 0.29) is 24.0 Å². The van der Waals surface area contributed by atoms with E-state index in [1.807, 2.05) is 6.92 Å². The number of esters is 1. The Hall–Kier alpha value is -2.01. The standard InChI is InChI=1S/C19H29NO8S/c1-4-19(3,18(23)27-10-9-21)12-15(11-13(2)17(22)28-20)14-5-7-16(8-6-14)29(24,25)26/h5-8,13,15,21H,4,9-12,20H2,1-3H3,(H,24,25,26). The molecule has 1 aromatic carbocycles. The zero-order chi connectivity index (χ0) is 22.2. The van der Waals surface area contributed by atoms with Crippen LogP contribution in [0, 0.1) is 11.3 Å². The van der Waals surface area contributed by atoms with Gasteiger partial charge < -0.3 is 14.7 Å². The Balaban J connectivity index is 3.22. The van der Waals surface area contributed by atoms with Gasteiger partial charge in [0.15, 0.2) is 0 Å². The molecule has 0 radical (unpaired) electrons. The molecule has 0 aliphatic carbocycles. The molecule has 0 saturated carbocycles. The summed E-state index contributed by atoms with van der Waals surface area (Å²) in [6.45, 7) is 4.81. The van der Waals surface area contributed by atoms with Crippen LogP contribution in [0.3, 0.4) is 0 Å². The lowest BCUT2D eigenvalue weighted by Gasteiger charge is -2.31. The first-order valence-electron chi connectivity index (χ1n) is 9.24. The fraction of sp³-hybridized carbons (Fsp3) is 0.579. The topological polar surface area (TPSA) is 153 Å². The third kappa shape index (κ3) is 7.07. The Morgan fingerprint density at radius 3 is 2.28 bits per heavy atom.